The normalized spacial score (nSPS) is 8.59. The van der Waals surface area contributed by atoms with E-state index in [4.69, 9.17) is 6.42 Å². The molecule has 0 radical (unpaired) electrons. The molecule has 0 bridgehead atoms. The molecule has 0 heterocycles. The maximum atomic E-state index is 4.92. The average Bonchev–Trinajstić information content (AvgIpc) is 2.00. The Morgan fingerprint density at radius 1 is 0.529 bits per heavy atom. The summed E-state index contributed by atoms with van der Waals surface area (Å²) in [4.78, 5) is 0. The minimum absolute atomic E-state index is 0.412. The monoisotopic (exact) mass is 242 g/mol. The van der Waals surface area contributed by atoms with E-state index >= 15 is 0 Å². The molecule has 0 aromatic carbocycles. The molecular weight excluding hydrogens is 204 g/mol. The number of terminal acetylenes is 1. The van der Waals surface area contributed by atoms with Gasteiger partial charge in [0.2, 0.25) is 0 Å². The quantitative estimate of drug-likeness (QED) is 0.440. The summed E-state index contributed by atoms with van der Waals surface area (Å²) >= 11 is 0. The molecule has 0 heteroatoms. The molecule has 0 N–H and O–H groups in total. The summed E-state index contributed by atoms with van der Waals surface area (Å²) in [5, 5.41) is 0. The van der Waals surface area contributed by atoms with Gasteiger partial charge in [0.15, 0.2) is 0 Å². The van der Waals surface area contributed by atoms with Crippen LogP contribution in [0.15, 0.2) is 0 Å². The molecule has 0 aliphatic rings. The van der Waals surface area contributed by atoms with E-state index in [0.29, 0.717) is 5.92 Å². The summed E-state index contributed by atoms with van der Waals surface area (Å²) in [6.45, 7) is 23.5. The Kier molecular flexibility index (Phi) is 31.3. The molecule has 0 aliphatic carbocycles. The second kappa shape index (κ2) is 20.9. The molecule has 0 rings (SSSR count). The summed E-state index contributed by atoms with van der Waals surface area (Å²) in [7, 11) is 0. The van der Waals surface area contributed by atoms with Gasteiger partial charge in [-0.3, -0.25) is 0 Å². The van der Waals surface area contributed by atoms with Gasteiger partial charge in [0.05, 0.1) is 0 Å². The molecule has 106 valence electrons. The van der Waals surface area contributed by atoms with Crippen molar-refractivity contribution in [3.8, 4) is 12.3 Å². The van der Waals surface area contributed by atoms with Crippen LogP contribution in [0.4, 0.5) is 0 Å². The van der Waals surface area contributed by atoms with Crippen LogP contribution in [0.25, 0.3) is 0 Å². The molecule has 17 heavy (non-hydrogen) atoms. The summed E-state index contributed by atoms with van der Waals surface area (Å²) in [5.41, 5.74) is 0. The molecule has 0 nitrogen and oxygen atoms in total. The van der Waals surface area contributed by atoms with Gasteiger partial charge in [-0.2, -0.15) is 0 Å². The van der Waals surface area contributed by atoms with E-state index in [0.717, 1.165) is 17.8 Å². The van der Waals surface area contributed by atoms with Gasteiger partial charge in [-0.15, -0.1) is 12.3 Å². The van der Waals surface area contributed by atoms with Crippen LogP contribution in [0.2, 0.25) is 0 Å². The maximum Gasteiger partial charge on any atom is 0.0143 e. The lowest BCUT2D eigenvalue weighted by atomic mass is 10.2. The Balaban J connectivity index is -0.0000000667. The Hall–Kier alpha value is -0.440. The van der Waals surface area contributed by atoms with Crippen molar-refractivity contribution in [3.63, 3.8) is 0 Å². The minimum Gasteiger partial charge on any atom is -0.120 e. The SMILES string of the molecule is C#CC(C)C.CC(C)C.CC(C)C.CC(C)C. The molecule has 0 unspecified atom stereocenters. The van der Waals surface area contributed by atoms with Crippen molar-refractivity contribution in [2.24, 2.45) is 23.7 Å². The largest absolute Gasteiger partial charge is 0.120 e. The maximum absolute atomic E-state index is 4.92. The molecule has 0 spiro atoms. The van der Waals surface area contributed by atoms with Crippen molar-refractivity contribution >= 4 is 0 Å². The highest BCUT2D eigenvalue weighted by Crippen LogP contribution is 1.82. The lowest BCUT2D eigenvalue weighted by Gasteiger charge is -1.80. The Morgan fingerprint density at radius 2 is 0.588 bits per heavy atom. The molecule has 0 atom stereocenters. The van der Waals surface area contributed by atoms with E-state index in [-0.39, 0.29) is 0 Å². The molecule has 0 fully saturated rings. The fourth-order valence-electron chi connectivity index (χ4n) is 0. The van der Waals surface area contributed by atoms with Gasteiger partial charge in [0.1, 0.15) is 0 Å². The van der Waals surface area contributed by atoms with E-state index in [1.165, 1.54) is 0 Å². The van der Waals surface area contributed by atoms with Gasteiger partial charge in [-0.1, -0.05) is 76.2 Å². The van der Waals surface area contributed by atoms with Crippen molar-refractivity contribution in [2.75, 3.05) is 0 Å². The van der Waals surface area contributed by atoms with Crippen molar-refractivity contribution in [3.05, 3.63) is 0 Å². The summed E-state index contributed by atoms with van der Waals surface area (Å²) < 4.78 is 0. The Bertz CT molecular complexity index is 110. The fourth-order valence-corrected chi connectivity index (χ4v) is 0. The number of rotatable bonds is 0. The van der Waals surface area contributed by atoms with Crippen molar-refractivity contribution in [1.82, 2.24) is 0 Å². The minimum atomic E-state index is 0.412. The second-order valence-corrected chi connectivity index (χ2v) is 6.52. The van der Waals surface area contributed by atoms with Gasteiger partial charge < -0.3 is 0 Å². The van der Waals surface area contributed by atoms with Crippen LogP contribution >= 0.6 is 0 Å². The standard InChI is InChI=1S/C5H8.3C4H10/c1-4-5(2)3;3*1-4(2)3/h1,5H,2-3H3;3*4H,1-3H3. The van der Waals surface area contributed by atoms with Gasteiger partial charge >= 0.3 is 0 Å². The van der Waals surface area contributed by atoms with Crippen molar-refractivity contribution in [2.45, 2.75) is 76.2 Å². The first-order valence-electron chi connectivity index (χ1n) is 6.93. The molecule has 0 amide bonds. The summed E-state index contributed by atoms with van der Waals surface area (Å²) in [6.07, 6.45) is 4.92. The highest BCUT2D eigenvalue weighted by Gasteiger charge is 1.74. The first-order chi connectivity index (χ1) is 7.47. The van der Waals surface area contributed by atoms with Gasteiger partial charge in [-0.25, -0.2) is 0 Å². The van der Waals surface area contributed by atoms with Crippen LogP contribution in [0.5, 0.6) is 0 Å². The van der Waals surface area contributed by atoms with Gasteiger partial charge in [0, 0.05) is 5.92 Å². The van der Waals surface area contributed by atoms with E-state index in [1.807, 2.05) is 13.8 Å². The third kappa shape index (κ3) is 1180. The van der Waals surface area contributed by atoms with E-state index in [9.17, 15) is 0 Å². The first kappa shape index (κ1) is 25.4. The zero-order valence-corrected chi connectivity index (χ0v) is 14.4. The number of hydrogen-bond acceptors (Lipinski definition) is 0. The van der Waals surface area contributed by atoms with Crippen LogP contribution in [0, 0.1) is 36.0 Å². The smallest absolute Gasteiger partial charge is 0.0143 e. The molecule has 0 saturated carbocycles. The molecule has 0 aromatic rings. The Labute approximate surface area is 113 Å². The molecule has 0 aromatic heterocycles. The highest BCUT2D eigenvalue weighted by atomic mass is 13.8. The van der Waals surface area contributed by atoms with E-state index < -0.39 is 0 Å². The van der Waals surface area contributed by atoms with Crippen LogP contribution in [0.3, 0.4) is 0 Å². The van der Waals surface area contributed by atoms with E-state index in [2.05, 4.69) is 68.2 Å². The third-order valence-electron chi connectivity index (χ3n) is 0.333. The number of hydrogen-bond donors (Lipinski definition) is 0. The predicted octanol–water partition coefficient (Wildman–Crippen LogP) is 6.26. The lowest BCUT2D eigenvalue weighted by Crippen LogP contribution is -1.72. The van der Waals surface area contributed by atoms with Crippen molar-refractivity contribution < 1.29 is 0 Å². The average molecular weight is 242 g/mol. The third-order valence-corrected chi connectivity index (χ3v) is 0.333. The fraction of sp³-hybridized carbons (Fsp3) is 0.882. The summed E-state index contributed by atoms with van der Waals surface area (Å²) in [6, 6.07) is 0. The molecule has 0 aliphatic heterocycles. The lowest BCUT2D eigenvalue weighted by molar-refractivity contribution is 0.736. The van der Waals surface area contributed by atoms with Crippen molar-refractivity contribution in [1.29, 1.82) is 0 Å². The van der Waals surface area contributed by atoms with Gasteiger partial charge in [0.25, 0.3) is 0 Å². The molecule has 0 saturated heterocycles. The van der Waals surface area contributed by atoms with Gasteiger partial charge in [-0.05, 0) is 17.8 Å². The summed E-state index contributed by atoms with van der Waals surface area (Å²) in [5.74, 6) is 5.44. The predicted molar refractivity (Wildman–Crippen MR) is 85.2 cm³/mol. The van der Waals surface area contributed by atoms with Crippen LogP contribution in [0.1, 0.15) is 76.2 Å². The highest BCUT2D eigenvalue weighted by molar-refractivity contribution is 4.86. The zero-order chi connectivity index (χ0) is 15.0. The molecular formula is C17H38. The second-order valence-electron chi connectivity index (χ2n) is 6.52. The van der Waals surface area contributed by atoms with Crippen LogP contribution in [-0.4, -0.2) is 0 Å². The van der Waals surface area contributed by atoms with Crippen LogP contribution < -0.4 is 0 Å². The Morgan fingerprint density at radius 3 is 0.588 bits per heavy atom. The topological polar surface area (TPSA) is 0 Å². The van der Waals surface area contributed by atoms with Crippen LogP contribution in [-0.2, 0) is 0 Å². The first-order valence-corrected chi connectivity index (χ1v) is 6.93. The zero-order valence-electron chi connectivity index (χ0n) is 14.4. The van der Waals surface area contributed by atoms with E-state index in [1.54, 1.807) is 0 Å².